The lowest BCUT2D eigenvalue weighted by Gasteiger charge is -2.23. The largest absolute Gasteiger partial charge is 0.334 e. The molecule has 25 heavy (non-hydrogen) atoms. The number of hydrogen-bond donors (Lipinski definition) is 0. The van der Waals surface area contributed by atoms with Gasteiger partial charge in [0, 0.05) is 19.6 Å². The number of carbonyl (C=O) groups excluding carboxylic acids is 1. The summed E-state index contributed by atoms with van der Waals surface area (Å²) in [6.45, 7) is 0.688. The molecule has 3 aromatic rings. The molecule has 5 nitrogen and oxygen atoms in total. The number of aromatic nitrogens is 2. The van der Waals surface area contributed by atoms with Gasteiger partial charge in [-0.15, -0.1) is 0 Å². The van der Waals surface area contributed by atoms with Crippen LogP contribution in [0.4, 0.5) is 0 Å². The van der Waals surface area contributed by atoms with Crippen LogP contribution in [0.25, 0.3) is 11.0 Å². The second kappa shape index (κ2) is 6.24. The number of benzene rings is 2. The summed E-state index contributed by atoms with van der Waals surface area (Å²) in [6, 6.07) is 17.9. The number of fused-ring (bicyclic) bond motifs is 1. The SMILES string of the molecule is Cn1c(=O)n(CC(=O)N(Cc2ccccc2)C2CC2)c2ccccc21. The van der Waals surface area contributed by atoms with Crippen molar-refractivity contribution in [3.63, 3.8) is 0 Å². The molecule has 1 aliphatic carbocycles. The number of rotatable bonds is 5. The predicted octanol–water partition coefficient (Wildman–Crippen LogP) is 2.53. The summed E-state index contributed by atoms with van der Waals surface area (Å²) < 4.78 is 3.18. The summed E-state index contributed by atoms with van der Waals surface area (Å²) in [7, 11) is 1.74. The minimum atomic E-state index is -0.148. The van der Waals surface area contributed by atoms with Crippen LogP contribution in [0.2, 0.25) is 0 Å². The summed E-state index contributed by atoms with van der Waals surface area (Å²) >= 11 is 0. The van der Waals surface area contributed by atoms with Crippen molar-refractivity contribution >= 4 is 16.9 Å². The molecule has 0 spiro atoms. The van der Waals surface area contributed by atoms with Gasteiger partial charge in [-0.25, -0.2) is 4.79 Å². The number of nitrogens with zero attached hydrogens (tertiary/aromatic N) is 3. The average molecular weight is 335 g/mol. The van der Waals surface area contributed by atoms with Gasteiger partial charge >= 0.3 is 5.69 Å². The number of carbonyl (C=O) groups is 1. The molecule has 0 unspecified atom stereocenters. The first-order valence-electron chi connectivity index (χ1n) is 8.63. The van der Waals surface area contributed by atoms with Crippen LogP contribution >= 0.6 is 0 Å². The van der Waals surface area contributed by atoms with E-state index in [-0.39, 0.29) is 18.1 Å². The van der Waals surface area contributed by atoms with Crippen molar-refractivity contribution < 1.29 is 4.79 Å². The first-order chi connectivity index (χ1) is 12.1. The molecule has 1 heterocycles. The maximum Gasteiger partial charge on any atom is 0.329 e. The van der Waals surface area contributed by atoms with Crippen LogP contribution in [0, 0.1) is 0 Å². The number of hydrogen-bond acceptors (Lipinski definition) is 2. The van der Waals surface area contributed by atoms with Crippen LogP contribution in [-0.2, 0) is 24.9 Å². The van der Waals surface area contributed by atoms with E-state index in [2.05, 4.69) is 0 Å². The second-order valence-corrected chi connectivity index (χ2v) is 6.65. The Morgan fingerprint density at radius 1 is 1.04 bits per heavy atom. The Kier molecular flexibility index (Phi) is 3.92. The van der Waals surface area contributed by atoms with E-state index >= 15 is 0 Å². The van der Waals surface area contributed by atoms with Crippen molar-refractivity contribution in [2.24, 2.45) is 7.05 Å². The molecule has 0 N–H and O–H groups in total. The Balaban J connectivity index is 1.62. The van der Waals surface area contributed by atoms with Gasteiger partial charge in [0.25, 0.3) is 0 Å². The van der Waals surface area contributed by atoms with Gasteiger partial charge in [0.15, 0.2) is 0 Å². The third-order valence-electron chi connectivity index (χ3n) is 4.85. The Morgan fingerprint density at radius 2 is 1.68 bits per heavy atom. The summed E-state index contributed by atoms with van der Waals surface area (Å²) in [5, 5.41) is 0. The zero-order chi connectivity index (χ0) is 17.4. The minimum Gasteiger partial charge on any atom is -0.334 e. The highest BCUT2D eigenvalue weighted by Gasteiger charge is 2.33. The van der Waals surface area contributed by atoms with Gasteiger partial charge in [-0.1, -0.05) is 42.5 Å². The van der Waals surface area contributed by atoms with Gasteiger partial charge in [-0.2, -0.15) is 0 Å². The molecule has 1 saturated carbocycles. The van der Waals surface area contributed by atoms with Gasteiger partial charge in [0.05, 0.1) is 11.0 Å². The van der Waals surface area contributed by atoms with E-state index in [1.54, 1.807) is 16.2 Å². The fourth-order valence-corrected chi connectivity index (χ4v) is 3.33. The lowest BCUT2D eigenvalue weighted by Crippen LogP contribution is -2.37. The molecule has 0 saturated heterocycles. The summed E-state index contributed by atoms with van der Waals surface area (Å²) in [5.74, 6) is 0.00445. The lowest BCUT2D eigenvalue weighted by atomic mass is 10.2. The highest BCUT2D eigenvalue weighted by molar-refractivity contribution is 5.81. The Bertz CT molecular complexity index is 968. The molecule has 0 atom stereocenters. The van der Waals surface area contributed by atoms with Crippen LogP contribution < -0.4 is 5.69 Å². The van der Waals surface area contributed by atoms with E-state index in [4.69, 9.17) is 0 Å². The van der Waals surface area contributed by atoms with Crippen molar-refractivity contribution in [3.05, 3.63) is 70.6 Å². The molecule has 0 radical (unpaired) electrons. The minimum absolute atomic E-state index is 0.00445. The lowest BCUT2D eigenvalue weighted by molar-refractivity contribution is -0.133. The molecule has 0 bridgehead atoms. The fraction of sp³-hybridized carbons (Fsp3) is 0.300. The summed E-state index contributed by atoms with van der Waals surface area (Å²) in [4.78, 5) is 27.4. The van der Waals surface area contributed by atoms with E-state index < -0.39 is 0 Å². The van der Waals surface area contributed by atoms with Gasteiger partial charge in [-0.3, -0.25) is 13.9 Å². The van der Waals surface area contributed by atoms with Crippen LogP contribution in [0.15, 0.2) is 59.4 Å². The molecule has 1 aromatic heterocycles. The van der Waals surface area contributed by atoms with Crippen LogP contribution in [0.1, 0.15) is 18.4 Å². The number of imidazole rings is 1. The Morgan fingerprint density at radius 3 is 2.36 bits per heavy atom. The third-order valence-corrected chi connectivity index (χ3v) is 4.85. The Hall–Kier alpha value is -2.82. The van der Waals surface area contributed by atoms with Crippen LogP contribution in [-0.4, -0.2) is 26.0 Å². The zero-order valence-electron chi connectivity index (χ0n) is 14.3. The molecular weight excluding hydrogens is 314 g/mol. The Labute approximate surface area is 146 Å². The molecule has 5 heteroatoms. The monoisotopic (exact) mass is 335 g/mol. The maximum absolute atomic E-state index is 13.0. The molecule has 1 fully saturated rings. The zero-order valence-corrected chi connectivity index (χ0v) is 14.3. The van der Waals surface area contributed by atoms with Crippen molar-refractivity contribution in [3.8, 4) is 0 Å². The highest BCUT2D eigenvalue weighted by atomic mass is 16.2. The molecule has 1 amide bonds. The highest BCUT2D eigenvalue weighted by Crippen LogP contribution is 2.28. The number of para-hydroxylation sites is 2. The van der Waals surface area contributed by atoms with Gasteiger partial charge in [0.1, 0.15) is 6.54 Å². The van der Waals surface area contributed by atoms with Gasteiger partial charge < -0.3 is 4.90 Å². The molecular formula is C20H21N3O2. The molecule has 4 rings (SSSR count). The first kappa shape index (κ1) is 15.7. The standard InChI is InChI=1S/C20H21N3O2/c1-21-17-9-5-6-10-18(17)23(20(21)25)14-19(24)22(16-11-12-16)13-15-7-3-2-4-8-15/h2-10,16H,11-14H2,1H3. The predicted molar refractivity (Wildman–Crippen MR) is 97.2 cm³/mol. The fourth-order valence-electron chi connectivity index (χ4n) is 3.33. The normalized spacial score (nSPS) is 14.0. The van der Waals surface area contributed by atoms with E-state index in [0.717, 1.165) is 29.4 Å². The smallest absolute Gasteiger partial charge is 0.329 e. The van der Waals surface area contributed by atoms with Crippen molar-refractivity contribution in [2.75, 3.05) is 0 Å². The number of aryl methyl sites for hydroxylation is 1. The molecule has 2 aromatic carbocycles. The first-order valence-corrected chi connectivity index (χ1v) is 8.63. The van der Waals surface area contributed by atoms with Crippen molar-refractivity contribution in [2.45, 2.75) is 32.0 Å². The van der Waals surface area contributed by atoms with Crippen LogP contribution in [0.3, 0.4) is 0 Å². The van der Waals surface area contributed by atoms with Gasteiger partial charge in [-0.05, 0) is 30.5 Å². The van der Waals surface area contributed by atoms with Gasteiger partial charge in [0.2, 0.25) is 5.91 Å². The maximum atomic E-state index is 13.0. The molecule has 128 valence electrons. The van der Waals surface area contributed by atoms with Crippen LogP contribution in [0.5, 0.6) is 0 Å². The summed E-state index contributed by atoms with van der Waals surface area (Å²) in [5.41, 5.74) is 2.62. The summed E-state index contributed by atoms with van der Waals surface area (Å²) in [6.07, 6.45) is 2.09. The number of amides is 1. The van der Waals surface area contributed by atoms with E-state index in [0.29, 0.717) is 12.6 Å². The van der Waals surface area contributed by atoms with E-state index in [9.17, 15) is 9.59 Å². The van der Waals surface area contributed by atoms with Crippen molar-refractivity contribution in [1.29, 1.82) is 0 Å². The topological polar surface area (TPSA) is 47.2 Å². The average Bonchev–Trinajstić information content (AvgIpc) is 3.45. The van der Waals surface area contributed by atoms with E-state index in [1.165, 1.54) is 0 Å². The molecule has 1 aliphatic rings. The van der Waals surface area contributed by atoms with E-state index in [1.807, 2.05) is 59.5 Å². The second-order valence-electron chi connectivity index (χ2n) is 6.65. The third kappa shape index (κ3) is 2.97. The molecule has 0 aliphatic heterocycles. The quantitative estimate of drug-likeness (QED) is 0.719. The van der Waals surface area contributed by atoms with Crippen molar-refractivity contribution in [1.82, 2.24) is 14.0 Å².